The summed E-state index contributed by atoms with van der Waals surface area (Å²) in [5.74, 6) is -0.236. The Labute approximate surface area is 154 Å². The van der Waals surface area contributed by atoms with Crippen molar-refractivity contribution in [3.05, 3.63) is 34.9 Å². The van der Waals surface area contributed by atoms with E-state index in [0.29, 0.717) is 24.5 Å². The first-order chi connectivity index (χ1) is 12.0. The Morgan fingerprint density at radius 3 is 2.76 bits per heavy atom. The van der Waals surface area contributed by atoms with Gasteiger partial charge in [0.1, 0.15) is 0 Å². The zero-order valence-electron chi connectivity index (χ0n) is 14.7. The highest BCUT2D eigenvalue weighted by molar-refractivity contribution is 6.30. The number of nitrogens with one attached hydrogen (secondary N) is 1. The zero-order chi connectivity index (χ0) is 18.1. The number of hydrogen-bond donors (Lipinski definition) is 1. The van der Waals surface area contributed by atoms with Crippen LogP contribution in [0, 0.1) is 0 Å². The molecule has 2 amide bonds. The first-order valence-electron chi connectivity index (χ1n) is 8.61. The predicted octanol–water partition coefficient (Wildman–Crippen LogP) is 1.18. The molecule has 1 aromatic carbocycles. The molecular formula is C18H26ClN3O3. The van der Waals surface area contributed by atoms with Crippen LogP contribution in [0.2, 0.25) is 5.02 Å². The molecule has 1 aliphatic heterocycles. The minimum atomic E-state index is -0.130. The van der Waals surface area contributed by atoms with Crippen molar-refractivity contribution in [3.63, 3.8) is 0 Å². The summed E-state index contributed by atoms with van der Waals surface area (Å²) in [5.41, 5.74) is 1.05. The molecule has 2 rings (SSSR count). The van der Waals surface area contributed by atoms with Crippen molar-refractivity contribution in [1.82, 2.24) is 15.1 Å². The quantitative estimate of drug-likeness (QED) is 0.749. The Kier molecular flexibility index (Phi) is 8.18. The van der Waals surface area contributed by atoms with Gasteiger partial charge in [0.15, 0.2) is 0 Å². The van der Waals surface area contributed by atoms with E-state index in [2.05, 4.69) is 10.2 Å². The molecular weight excluding hydrogens is 342 g/mol. The van der Waals surface area contributed by atoms with Crippen molar-refractivity contribution in [3.8, 4) is 0 Å². The van der Waals surface area contributed by atoms with E-state index >= 15 is 0 Å². The number of carbonyl (C=O) groups excluding carboxylic acids is 2. The molecule has 138 valence electrons. The van der Waals surface area contributed by atoms with Crippen LogP contribution in [-0.2, 0) is 20.7 Å². The predicted molar refractivity (Wildman–Crippen MR) is 97.7 cm³/mol. The largest absolute Gasteiger partial charge is 0.379 e. The van der Waals surface area contributed by atoms with Crippen LogP contribution in [-0.4, -0.2) is 74.1 Å². The number of benzene rings is 1. The number of ether oxygens (including phenoxy) is 1. The smallest absolute Gasteiger partial charge is 0.239 e. The summed E-state index contributed by atoms with van der Waals surface area (Å²) in [4.78, 5) is 27.7. The van der Waals surface area contributed by atoms with E-state index in [9.17, 15) is 9.59 Å². The molecule has 0 saturated carbocycles. The second-order valence-electron chi connectivity index (χ2n) is 6.12. The van der Waals surface area contributed by atoms with Gasteiger partial charge in [-0.2, -0.15) is 0 Å². The number of rotatable bonds is 8. The molecule has 0 bridgehead atoms. The lowest BCUT2D eigenvalue weighted by molar-refractivity contribution is -0.134. The summed E-state index contributed by atoms with van der Waals surface area (Å²) in [5, 5.41) is 3.56. The van der Waals surface area contributed by atoms with Gasteiger partial charge in [0, 0.05) is 44.7 Å². The average molecular weight is 368 g/mol. The molecule has 0 unspecified atom stereocenters. The van der Waals surface area contributed by atoms with E-state index < -0.39 is 0 Å². The Balaban J connectivity index is 1.72. The molecule has 0 aromatic heterocycles. The van der Waals surface area contributed by atoms with E-state index in [4.69, 9.17) is 16.3 Å². The van der Waals surface area contributed by atoms with Crippen LogP contribution in [0.25, 0.3) is 0 Å². The third kappa shape index (κ3) is 7.42. The topological polar surface area (TPSA) is 61.9 Å². The summed E-state index contributed by atoms with van der Waals surface area (Å²) in [6.07, 6.45) is 0.668. The fourth-order valence-electron chi connectivity index (χ4n) is 2.71. The van der Waals surface area contributed by atoms with E-state index in [1.165, 1.54) is 6.92 Å². The first-order valence-corrected chi connectivity index (χ1v) is 8.99. The van der Waals surface area contributed by atoms with Crippen molar-refractivity contribution in [1.29, 1.82) is 0 Å². The van der Waals surface area contributed by atoms with Crippen LogP contribution in [0.4, 0.5) is 0 Å². The molecule has 25 heavy (non-hydrogen) atoms. The van der Waals surface area contributed by atoms with Crippen molar-refractivity contribution in [2.24, 2.45) is 0 Å². The summed E-state index contributed by atoms with van der Waals surface area (Å²) in [6, 6.07) is 7.54. The van der Waals surface area contributed by atoms with Gasteiger partial charge in [-0.05, 0) is 24.1 Å². The second-order valence-corrected chi connectivity index (χ2v) is 6.56. The molecule has 7 heteroatoms. The van der Waals surface area contributed by atoms with Gasteiger partial charge >= 0.3 is 0 Å². The summed E-state index contributed by atoms with van der Waals surface area (Å²) in [7, 11) is 0. The molecule has 0 atom stereocenters. The minimum absolute atomic E-state index is 0.0824. The van der Waals surface area contributed by atoms with Gasteiger partial charge in [-0.1, -0.05) is 23.7 Å². The molecule has 1 aliphatic rings. The molecule has 0 spiro atoms. The SMILES string of the molecule is CC(=O)N(CCc1cccc(Cl)c1)CC(=O)NCCN1CCOCC1. The number of halogens is 1. The van der Waals surface area contributed by atoms with Crippen LogP contribution in [0.15, 0.2) is 24.3 Å². The van der Waals surface area contributed by atoms with Crippen LogP contribution in [0.3, 0.4) is 0 Å². The summed E-state index contributed by atoms with van der Waals surface area (Å²) in [6.45, 7) is 6.73. The highest BCUT2D eigenvalue weighted by atomic mass is 35.5. The molecule has 0 radical (unpaired) electrons. The van der Waals surface area contributed by atoms with Crippen molar-refractivity contribution >= 4 is 23.4 Å². The third-order valence-corrected chi connectivity index (χ3v) is 4.43. The highest BCUT2D eigenvalue weighted by Gasteiger charge is 2.14. The zero-order valence-corrected chi connectivity index (χ0v) is 15.4. The Morgan fingerprint density at radius 2 is 2.08 bits per heavy atom. The normalized spacial score (nSPS) is 15.0. The summed E-state index contributed by atoms with van der Waals surface area (Å²) < 4.78 is 5.30. The standard InChI is InChI=1S/C18H26ClN3O3/c1-15(23)22(7-5-16-3-2-4-17(19)13-16)14-18(24)20-6-8-21-9-11-25-12-10-21/h2-4,13H,5-12,14H2,1H3,(H,20,24). The van der Waals surface area contributed by atoms with Gasteiger partial charge in [-0.25, -0.2) is 0 Å². The fourth-order valence-corrected chi connectivity index (χ4v) is 2.92. The number of amides is 2. The van der Waals surface area contributed by atoms with Crippen LogP contribution in [0.1, 0.15) is 12.5 Å². The average Bonchev–Trinajstić information content (AvgIpc) is 2.59. The molecule has 1 fully saturated rings. The van der Waals surface area contributed by atoms with Crippen LogP contribution < -0.4 is 5.32 Å². The van der Waals surface area contributed by atoms with E-state index in [1.54, 1.807) is 4.90 Å². The maximum absolute atomic E-state index is 12.1. The molecule has 1 aromatic rings. The summed E-state index contributed by atoms with van der Waals surface area (Å²) >= 11 is 5.97. The van der Waals surface area contributed by atoms with Gasteiger partial charge < -0.3 is 15.0 Å². The van der Waals surface area contributed by atoms with Gasteiger partial charge in [0.25, 0.3) is 0 Å². The number of carbonyl (C=O) groups is 2. The molecule has 1 heterocycles. The Hall–Kier alpha value is -1.63. The molecule has 0 aliphatic carbocycles. The van der Waals surface area contributed by atoms with Crippen molar-refractivity contribution < 1.29 is 14.3 Å². The highest BCUT2D eigenvalue weighted by Crippen LogP contribution is 2.11. The first kappa shape index (κ1) is 19.7. The lowest BCUT2D eigenvalue weighted by Crippen LogP contribution is -2.44. The van der Waals surface area contributed by atoms with Crippen molar-refractivity contribution in [2.75, 3.05) is 52.5 Å². The van der Waals surface area contributed by atoms with Crippen LogP contribution in [0.5, 0.6) is 0 Å². The Morgan fingerprint density at radius 1 is 1.32 bits per heavy atom. The fraction of sp³-hybridized carbons (Fsp3) is 0.556. The van der Waals surface area contributed by atoms with Crippen LogP contribution >= 0.6 is 11.6 Å². The number of morpholine rings is 1. The monoisotopic (exact) mass is 367 g/mol. The Bertz CT molecular complexity index is 576. The van der Waals surface area contributed by atoms with Gasteiger partial charge in [0.05, 0.1) is 19.8 Å². The lowest BCUT2D eigenvalue weighted by Gasteiger charge is -2.26. The van der Waals surface area contributed by atoms with Crippen molar-refractivity contribution in [2.45, 2.75) is 13.3 Å². The van der Waals surface area contributed by atoms with Gasteiger partial charge in [-0.15, -0.1) is 0 Å². The molecule has 6 nitrogen and oxygen atoms in total. The van der Waals surface area contributed by atoms with E-state index in [-0.39, 0.29) is 18.4 Å². The maximum atomic E-state index is 12.1. The number of nitrogens with zero attached hydrogens (tertiary/aromatic N) is 2. The van der Waals surface area contributed by atoms with Gasteiger partial charge in [-0.3, -0.25) is 14.5 Å². The molecule has 1 saturated heterocycles. The second kappa shape index (κ2) is 10.4. The van der Waals surface area contributed by atoms with Gasteiger partial charge in [0.2, 0.25) is 11.8 Å². The maximum Gasteiger partial charge on any atom is 0.239 e. The minimum Gasteiger partial charge on any atom is -0.379 e. The van der Waals surface area contributed by atoms with E-state index in [1.807, 2.05) is 24.3 Å². The number of hydrogen-bond acceptors (Lipinski definition) is 4. The molecule has 1 N–H and O–H groups in total. The van der Waals surface area contributed by atoms with E-state index in [0.717, 1.165) is 38.4 Å². The third-order valence-electron chi connectivity index (χ3n) is 4.19. The lowest BCUT2D eigenvalue weighted by atomic mass is 10.1.